The number of alkyl halides is 1. The zero-order chi connectivity index (χ0) is 12.8. The summed E-state index contributed by atoms with van der Waals surface area (Å²) in [5, 5.41) is 2.97. The minimum atomic E-state index is -0.521. The fourth-order valence-electron chi connectivity index (χ4n) is 1.65. The molecule has 1 unspecified atom stereocenters. The molecule has 0 amide bonds. The predicted molar refractivity (Wildman–Crippen MR) is 67.2 cm³/mol. The van der Waals surface area contributed by atoms with Gasteiger partial charge in [-0.2, -0.15) is 0 Å². The van der Waals surface area contributed by atoms with Crippen LogP contribution in [-0.2, 0) is 6.54 Å². The van der Waals surface area contributed by atoms with Crippen molar-refractivity contribution in [1.29, 1.82) is 0 Å². The van der Waals surface area contributed by atoms with E-state index < -0.39 is 11.6 Å². The average Bonchev–Trinajstić information content (AvgIpc) is 2.21. The van der Waals surface area contributed by atoms with Crippen LogP contribution in [0.2, 0.25) is 0 Å². The predicted octanol–water partition coefficient (Wildman–Crippen LogP) is 3.71. The number of halogens is 3. The summed E-state index contributed by atoms with van der Waals surface area (Å²) in [6, 6.07) is 3.87. The van der Waals surface area contributed by atoms with Crippen LogP contribution in [0.25, 0.3) is 0 Å². The molecule has 1 aromatic rings. The lowest BCUT2D eigenvalue weighted by atomic mass is 10.1. The zero-order valence-electron chi connectivity index (χ0n) is 10.1. The molecule has 0 aliphatic heterocycles. The smallest absolute Gasteiger partial charge is 0.130 e. The normalized spacial score (nSPS) is 13.1. The first-order chi connectivity index (χ1) is 8.00. The van der Waals surface area contributed by atoms with Crippen molar-refractivity contribution < 1.29 is 8.78 Å². The third kappa shape index (κ3) is 5.00. The second-order valence-corrected chi connectivity index (χ2v) is 5.18. The van der Waals surface area contributed by atoms with Gasteiger partial charge in [0.1, 0.15) is 11.6 Å². The van der Waals surface area contributed by atoms with Crippen LogP contribution in [0.1, 0.15) is 25.8 Å². The Bertz CT molecular complexity index is 335. The third-order valence-electron chi connectivity index (χ3n) is 2.46. The second kappa shape index (κ2) is 6.92. The third-order valence-corrected chi connectivity index (χ3v) is 2.79. The Kier molecular flexibility index (Phi) is 5.86. The van der Waals surface area contributed by atoms with E-state index in [9.17, 15) is 8.78 Å². The molecule has 0 radical (unpaired) electrons. The van der Waals surface area contributed by atoms with Crippen LogP contribution in [0.4, 0.5) is 8.78 Å². The molecule has 0 heterocycles. The van der Waals surface area contributed by atoms with E-state index in [1.54, 1.807) is 0 Å². The molecule has 1 N–H and O–H groups in total. The van der Waals surface area contributed by atoms with Gasteiger partial charge in [0, 0.05) is 24.0 Å². The highest BCUT2D eigenvalue weighted by atomic mass is 35.5. The quantitative estimate of drug-likeness (QED) is 0.770. The Morgan fingerprint density at radius 1 is 1.24 bits per heavy atom. The van der Waals surface area contributed by atoms with E-state index in [-0.39, 0.29) is 17.5 Å². The van der Waals surface area contributed by atoms with E-state index in [1.807, 2.05) is 0 Å². The van der Waals surface area contributed by atoms with Gasteiger partial charge in [0.2, 0.25) is 0 Å². The molecule has 0 saturated carbocycles. The highest BCUT2D eigenvalue weighted by molar-refractivity contribution is 6.20. The first-order valence-corrected chi connectivity index (χ1v) is 6.22. The van der Waals surface area contributed by atoms with E-state index >= 15 is 0 Å². The summed E-state index contributed by atoms with van der Waals surface area (Å²) in [4.78, 5) is 0. The van der Waals surface area contributed by atoms with E-state index in [0.29, 0.717) is 12.5 Å². The maximum atomic E-state index is 13.3. The van der Waals surface area contributed by atoms with Crippen molar-refractivity contribution in [3.8, 4) is 0 Å². The molecule has 0 aliphatic carbocycles. The molecule has 4 heteroatoms. The van der Waals surface area contributed by atoms with Gasteiger partial charge in [0.05, 0.1) is 0 Å². The van der Waals surface area contributed by atoms with E-state index in [2.05, 4.69) is 19.2 Å². The maximum Gasteiger partial charge on any atom is 0.130 e. The average molecular weight is 262 g/mol. The zero-order valence-corrected chi connectivity index (χ0v) is 10.9. The van der Waals surface area contributed by atoms with Crippen molar-refractivity contribution in [3.63, 3.8) is 0 Å². The van der Waals surface area contributed by atoms with Gasteiger partial charge >= 0.3 is 0 Å². The van der Waals surface area contributed by atoms with Gasteiger partial charge in [-0.05, 0) is 24.5 Å². The minimum Gasteiger partial charge on any atom is -0.311 e. The Balaban J connectivity index is 2.41. The molecule has 1 rings (SSSR count). The maximum absolute atomic E-state index is 13.3. The van der Waals surface area contributed by atoms with Crippen LogP contribution in [-0.4, -0.2) is 11.9 Å². The van der Waals surface area contributed by atoms with Gasteiger partial charge in [-0.15, -0.1) is 11.6 Å². The van der Waals surface area contributed by atoms with Gasteiger partial charge < -0.3 is 5.32 Å². The molecule has 0 aromatic heterocycles. The van der Waals surface area contributed by atoms with E-state index in [4.69, 9.17) is 11.6 Å². The summed E-state index contributed by atoms with van der Waals surface area (Å²) in [7, 11) is 0. The number of hydrogen-bond acceptors (Lipinski definition) is 1. The van der Waals surface area contributed by atoms with Gasteiger partial charge in [-0.25, -0.2) is 8.78 Å². The van der Waals surface area contributed by atoms with Gasteiger partial charge in [0.25, 0.3) is 0 Å². The number of benzene rings is 1. The molecule has 0 saturated heterocycles. The molecule has 0 spiro atoms. The SMILES string of the molecule is CC(C)CC(Cl)CNCc1c(F)cccc1F. The van der Waals surface area contributed by atoms with Gasteiger partial charge in [-0.1, -0.05) is 19.9 Å². The number of hydrogen-bond donors (Lipinski definition) is 1. The highest BCUT2D eigenvalue weighted by Crippen LogP contribution is 2.13. The van der Waals surface area contributed by atoms with E-state index in [0.717, 1.165) is 6.42 Å². The Morgan fingerprint density at radius 3 is 2.35 bits per heavy atom. The number of rotatable bonds is 6. The Labute approximate surface area is 106 Å². The second-order valence-electron chi connectivity index (χ2n) is 4.56. The molecule has 1 aromatic carbocycles. The van der Waals surface area contributed by atoms with Crippen molar-refractivity contribution in [2.75, 3.05) is 6.54 Å². The van der Waals surface area contributed by atoms with Crippen LogP contribution < -0.4 is 5.32 Å². The van der Waals surface area contributed by atoms with Gasteiger partial charge in [-0.3, -0.25) is 0 Å². The molecular formula is C13H18ClF2N. The topological polar surface area (TPSA) is 12.0 Å². The van der Waals surface area contributed by atoms with Gasteiger partial charge in [0.15, 0.2) is 0 Å². The highest BCUT2D eigenvalue weighted by Gasteiger charge is 2.10. The van der Waals surface area contributed by atoms with Crippen molar-refractivity contribution in [2.45, 2.75) is 32.2 Å². The van der Waals surface area contributed by atoms with Crippen LogP contribution in [0.3, 0.4) is 0 Å². The summed E-state index contributed by atoms with van der Waals surface area (Å²) >= 11 is 6.07. The lowest BCUT2D eigenvalue weighted by Crippen LogP contribution is -2.24. The van der Waals surface area contributed by atoms with E-state index in [1.165, 1.54) is 18.2 Å². The molecule has 0 bridgehead atoms. The van der Waals surface area contributed by atoms with Crippen LogP contribution in [0.5, 0.6) is 0 Å². The summed E-state index contributed by atoms with van der Waals surface area (Å²) in [5.41, 5.74) is 0.0703. The lowest BCUT2D eigenvalue weighted by molar-refractivity contribution is 0.509. The first kappa shape index (κ1) is 14.4. The Morgan fingerprint density at radius 2 is 1.82 bits per heavy atom. The minimum absolute atomic E-state index is 0.00941. The van der Waals surface area contributed by atoms with Crippen molar-refractivity contribution in [1.82, 2.24) is 5.32 Å². The summed E-state index contributed by atoms with van der Waals surface area (Å²) in [6.45, 7) is 4.89. The first-order valence-electron chi connectivity index (χ1n) is 5.78. The van der Waals surface area contributed by atoms with Crippen molar-refractivity contribution in [3.05, 3.63) is 35.4 Å². The summed E-state index contributed by atoms with van der Waals surface area (Å²) in [5.74, 6) is -0.524. The fraction of sp³-hybridized carbons (Fsp3) is 0.538. The summed E-state index contributed by atoms with van der Waals surface area (Å²) in [6.07, 6.45) is 0.883. The van der Waals surface area contributed by atoms with Crippen LogP contribution >= 0.6 is 11.6 Å². The lowest BCUT2D eigenvalue weighted by Gasteiger charge is -2.13. The molecule has 17 heavy (non-hydrogen) atoms. The largest absolute Gasteiger partial charge is 0.311 e. The molecule has 0 fully saturated rings. The molecule has 1 atom stereocenters. The summed E-state index contributed by atoms with van der Waals surface area (Å²) < 4.78 is 26.5. The standard InChI is InChI=1S/C13H18ClF2N/c1-9(2)6-10(14)7-17-8-11-12(15)4-3-5-13(11)16/h3-5,9-10,17H,6-8H2,1-2H3. The fourth-order valence-corrected chi connectivity index (χ4v) is 2.12. The van der Waals surface area contributed by atoms with Crippen LogP contribution in [0, 0.1) is 17.6 Å². The number of nitrogens with one attached hydrogen (secondary N) is 1. The molecule has 0 aliphatic rings. The molecular weight excluding hydrogens is 244 g/mol. The Hall–Kier alpha value is -0.670. The molecule has 96 valence electrons. The van der Waals surface area contributed by atoms with Crippen molar-refractivity contribution in [2.24, 2.45) is 5.92 Å². The monoisotopic (exact) mass is 261 g/mol. The van der Waals surface area contributed by atoms with Crippen LogP contribution in [0.15, 0.2) is 18.2 Å². The van der Waals surface area contributed by atoms with Crippen molar-refractivity contribution >= 4 is 11.6 Å². The molecule has 1 nitrogen and oxygen atoms in total.